The van der Waals surface area contributed by atoms with E-state index >= 15 is 0 Å². The maximum absolute atomic E-state index is 9.56. The van der Waals surface area contributed by atoms with Crippen LogP contribution in [-0.4, -0.2) is 11.2 Å². The third kappa shape index (κ3) is 9.61. The fraction of sp³-hybridized carbons (Fsp3) is 0.846. The van der Waals surface area contributed by atoms with Crippen molar-refractivity contribution in [2.45, 2.75) is 70.8 Å². The molecular formula is C13H24O. The molecule has 1 N–H and O–H groups in total. The van der Waals surface area contributed by atoms with Gasteiger partial charge in [-0.3, -0.25) is 0 Å². The Morgan fingerprint density at radius 1 is 1.07 bits per heavy atom. The Hall–Kier alpha value is -0.480. The first-order chi connectivity index (χ1) is 6.81. The summed E-state index contributed by atoms with van der Waals surface area (Å²) in [6.45, 7) is 2.22. The Kier molecular flexibility index (Phi) is 10.2. The van der Waals surface area contributed by atoms with Gasteiger partial charge in [0.2, 0.25) is 0 Å². The van der Waals surface area contributed by atoms with E-state index in [1.165, 1.54) is 25.7 Å². The molecule has 0 fully saturated rings. The zero-order valence-corrected chi connectivity index (χ0v) is 9.47. The summed E-state index contributed by atoms with van der Waals surface area (Å²) in [6, 6.07) is 0. The summed E-state index contributed by atoms with van der Waals surface area (Å²) in [4.78, 5) is 0. The smallest absolute Gasteiger partial charge is 0.0540 e. The van der Waals surface area contributed by atoms with Crippen LogP contribution >= 0.6 is 0 Å². The van der Waals surface area contributed by atoms with Crippen LogP contribution in [0.5, 0.6) is 0 Å². The number of unbranched alkanes of at least 4 members (excludes halogenated alkanes) is 5. The molecule has 0 radical (unpaired) electrons. The Morgan fingerprint density at radius 2 is 1.71 bits per heavy atom. The van der Waals surface area contributed by atoms with Gasteiger partial charge in [-0.15, -0.1) is 12.3 Å². The first-order valence-electron chi connectivity index (χ1n) is 5.92. The van der Waals surface area contributed by atoms with Crippen LogP contribution in [0.2, 0.25) is 0 Å². The van der Waals surface area contributed by atoms with E-state index in [1.54, 1.807) is 0 Å². The second kappa shape index (κ2) is 10.6. The predicted octanol–water partition coefficient (Wildman–Crippen LogP) is 3.51. The molecule has 0 aromatic carbocycles. The molecule has 0 saturated heterocycles. The summed E-state index contributed by atoms with van der Waals surface area (Å²) in [5.41, 5.74) is 0. The highest BCUT2D eigenvalue weighted by atomic mass is 16.3. The van der Waals surface area contributed by atoms with Gasteiger partial charge in [-0.25, -0.2) is 0 Å². The molecule has 1 unspecified atom stereocenters. The van der Waals surface area contributed by atoms with Crippen LogP contribution in [0.4, 0.5) is 0 Å². The first-order valence-corrected chi connectivity index (χ1v) is 5.92. The van der Waals surface area contributed by atoms with Gasteiger partial charge in [0.25, 0.3) is 0 Å². The number of rotatable bonds is 9. The van der Waals surface area contributed by atoms with E-state index < -0.39 is 0 Å². The third-order valence-electron chi connectivity index (χ3n) is 2.50. The van der Waals surface area contributed by atoms with Gasteiger partial charge in [0, 0.05) is 6.42 Å². The van der Waals surface area contributed by atoms with Crippen LogP contribution in [0, 0.1) is 12.3 Å². The van der Waals surface area contributed by atoms with Crippen molar-refractivity contribution < 1.29 is 5.11 Å². The van der Waals surface area contributed by atoms with E-state index in [4.69, 9.17) is 6.42 Å². The minimum Gasteiger partial charge on any atom is -0.393 e. The lowest BCUT2D eigenvalue weighted by molar-refractivity contribution is 0.149. The van der Waals surface area contributed by atoms with Gasteiger partial charge in [0.1, 0.15) is 0 Å². The van der Waals surface area contributed by atoms with E-state index in [9.17, 15) is 5.11 Å². The number of aliphatic hydroxyl groups is 1. The fourth-order valence-corrected chi connectivity index (χ4v) is 1.57. The van der Waals surface area contributed by atoms with Crippen LogP contribution in [0.3, 0.4) is 0 Å². The minimum absolute atomic E-state index is 0.120. The van der Waals surface area contributed by atoms with Crippen LogP contribution < -0.4 is 0 Å². The highest BCUT2D eigenvalue weighted by Crippen LogP contribution is 2.10. The molecule has 0 spiro atoms. The molecule has 0 rings (SSSR count). The van der Waals surface area contributed by atoms with Crippen molar-refractivity contribution in [3.8, 4) is 12.3 Å². The molecule has 14 heavy (non-hydrogen) atoms. The minimum atomic E-state index is -0.120. The molecule has 0 aromatic rings. The number of terminal acetylenes is 1. The van der Waals surface area contributed by atoms with Crippen molar-refractivity contribution in [1.29, 1.82) is 0 Å². The number of hydrogen-bond acceptors (Lipinski definition) is 1. The molecule has 0 bridgehead atoms. The molecular weight excluding hydrogens is 172 g/mol. The topological polar surface area (TPSA) is 20.2 Å². The van der Waals surface area contributed by atoms with E-state index in [-0.39, 0.29) is 6.10 Å². The van der Waals surface area contributed by atoms with Gasteiger partial charge in [0.05, 0.1) is 6.10 Å². The van der Waals surface area contributed by atoms with Crippen molar-refractivity contribution in [1.82, 2.24) is 0 Å². The lowest BCUT2D eigenvalue weighted by atomic mass is 10.0. The van der Waals surface area contributed by atoms with Crippen LogP contribution in [0.15, 0.2) is 0 Å². The standard InChI is InChI=1S/C13H24O/c1-3-5-7-8-10-12-13(14)11-9-6-4-2/h2,13-14H,3,5-12H2,1H3. The van der Waals surface area contributed by atoms with Gasteiger partial charge in [0.15, 0.2) is 0 Å². The van der Waals surface area contributed by atoms with Crippen molar-refractivity contribution >= 4 is 0 Å². The molecule has 0 aliphatic heterocycles. The Morgan fingerprint density at radius 3 is 2.36 bits per heavy atom. The third-order valence-corrected chi connectivity index (χ3v) is 2.50. The second-order valence-corrected chi connectivity index (χ2v) is 3.95. The van der Waals surface area contributed by atoms with Gasteiger partial charge >= 0.3 is 0 Å². The van der Waals surface area contributed by atoms with Crippen molar-refractivity contribution in [3.05, 3.63) is 0 Å². The predicted molar refractivity (Wildman–Crippen MR) is 62.1 cm³/mol. The molecule has 1 heteroatoms. The summed E-state index contributed by atoms with van der Waals surface area (Å²) in [5.74, 6) is 2.60. The zero-order valence-electron chi connectivity index (χ0n) is 9.47. The van der Waals surface area contributed by atoms with E-state index in [1.807, 2.05) is 0 Å². The van der Waals surface area contributed by atoms with Crippen molar-refractivity contribution in [2.24, 2.45) is 0 Å². The van der Waals surface area contributed by atoms with Crippen LogP contribution in [0.25, 0.3) is 0 Å². The monoisotopic (exact) mass is 196 g/mol. The largest absolute Gasteiger partial charge is 0.393 e. The molecule has 82 valence electrons. The lowest BCUT2D eigenvalue weighted by Crippen LogP contribution is -2.05. The lowest BCUT2D eigenvalue weighted by Gasteiger charge is -2.08. The van der Waals surface area contributed by atoms with Crippen molar-refractivity contribution in [3.63, 3.8) is 0 Å². The van der Waals surface area contributed by atoms with Gasteiger partial charge in [-0.05, 0) is 19.3 Å². The summed E-state index contributed by atoms with van der Waals surface area (Å²) in [7, 11) is 0. The summed E-state index contributed by atoms with van der Waals surface area (Å²) in [5, 5.41) is 9.56. The number of aliphatic hydroxyl groups excluding tert-OH is 1. The molecule has 1 atom stereocenters. The molecule has 0 aromatic heterocycles. The van der Waals surface area contributed by atoms with E-state index in [0.717, 1.165) is 32.1 Å². The van der Waals surface area contributed by atoms with E-state index in [2.05, 4.69) is 12.8 Å². The molecule has 0 aliphatic rings. The normalized spacial score (nSPS) is 12.4. The highest BCUT2D eigenvalue weighted by Gasteiger charge is 2.02. The van der Waals surface area contributed by atoms with Crippen molar-refractivity contribution in [2.75, 3.05) is 0 Å². The quantitative estimate of drug-likeness (QED) is 0.442. The molecule has 0 heterocycles. The highest BCUT2D eigenvalue weighted by molar-refractivity contribution is 4.83. The summed E-state index contributed by atoms with van der Waals surface area (Å²) >= 11 is 0. The van der Waals surface area contributed by atoms with Gasteiger partial charge in [-0.2, -0.15) is 0 Å². The maximum Gasteiger partial charge on any atom is 0.0540 e. The Labute approximate surface area is 88.9 Å². The molecule has 0 amide bonds. The fourth-order valence-electron chi connectivity index (χ4n) is 1.57. The summed E-state index contributed by atoms with van der Waals surface area (Å²) in [6.07, 6.45) is 15.0. The molecule has 1 nitrogen and oxygen atoms in total. The van der Waals surface area contributed by atoms with Gasteiger partial charge < -0.3 is 5.11 Å². The molecule has 0 saturated carbocycles. The summed E-state index contributed by atoms with van der Waals surface area (Å²) < 4.78 is 0. The second-order valence-electron chi connectivity index (χ2n) is 3.95. The number of hydrogen-bond donors (Lipinski definition) is 1. The Bertz CT molecular complexity index is 146. The Balaban J connectivity index is 3.10. The van der Waals surface area contributed by atoms with Crippen LogP contribution in [-0.2, 0) is 0 Å². The zero-order chi connectivity index (χ0) is 10.6. The van der Waals surface area contributed by atoms with E-state index in [0.29, 0.717) is 0 Å². The average Bonchev–Trinajstić information content (AvgIpc) is 2.18. The van der Waals surface area contributed by atoms with Crippen LogP contribution in [0.1, 0.15) is 64.7 Å². The first kappa shape index (κ1) is 13.5. The molecule has 0 aliphatic carbocycles. The average molecular weight is 196 g/mol. The van der Waals surface area contributed by atoms with Gasteiger partial charge in [-0.1, -0.05) is 39.0 Å². The maximum atomic E-state index is 9.56. The SMILES string of the molecule is C#CCCCC(O)CCCCCCC.